The average Bonchev–Trinajstić information content (AvgIpc) is 2.88. The third-order valence-corrected chi connectivity index (χ3v) is 5.90. The highest BCUT2D eigenvalue weighted by molar-refractivity contribution is 9.09. The molecule has 1 saturated carbocycles. The number of alkyl halides is 1. The molecule has 0 saturated heterocycles. The summed E-state index contributed by atoms with van der Waals surface area (Å²) in [7, 11) is 0. The second kappa shape index (κ2) is 3.86. The lowest BCUT2D eigenvalue weighted by Gasteiger charge is -2.30. The van der Waals surface area contributed by atoms with Crippen LogP contribution in [0, 0.1) is 5.41 Å². The summed E-state index contributed by atoms with van der Waals surface area (Å²) in [5, 5.41) is 3.43. The highest BCUT2D eigenvalue weighted by atomic mass is 79.9. The molecule has 0 N–H and O–H groups in total. The number of hydrogen-bond donors (Lipinski definition) is 0. The van der Waals surface area contributed by atoms with Crippen molar-refractivity contribution >= 4 is 27.3 Å². The van der Waals surface area contributed by atoms with E-state index in [2.05, 4.69) is 32.3 Å². The minimum absolute atomic E-state index is 0.632. The zero-order valence-electron chi connectivity index (χ0n) is 8.84. The zero-order chi connectivity index (χ0) is 10.3. The van der Waals surface area contributed by atoms with Crippen LogP contribution in [0.2, 0.25) is 0 Å². The minimum Gasteiger partial charge on any atom is -0.298 e. The fourth-order valence-electron chi connectivity index (χ4n) is 2.43. The lowest BCUT2D eigenvalue weighted by atomic mass is 10.1. The number of nitrogens with zero attached hydrogens (tertiary/aromatic N) is 1. The van der Waals surface area contributed by atoms with E-state index in [0.717, 1.165) is 0 Å². The van der Waals surface area contributed by atoms with Crippen molar-refractivity contribution in [2.75, 3.05) is 18.4 Å². The summed E-state index contributed by atoms with van der Waals surface area (Å²) >= 11 is 5.59. The molecule has 3 heteroatoms. The van der Waals surface area contributed by atoms with Gasteiger partial charge >= 0.3 is 0 Å². The fraction of sp³-hybridized carbons (Fsp3) is 0.667. The largest absolute Gasteiger partial charge is 0.298 e. The first kappa shape index (κ1) is 10.3. The summed E-state index contributed by atoms with van der Waals surface area (Å²) in [6.45, 7) is 3.75. The Labute approximate surface area is 104 Å². The van der Waals surface area contributed by atoms with Gasteiger partial charge in [-0.1, -0.05) is 15.9 Å². The molecular weight excluding hydrogens is 270 g/mol. The zero-order valence-corrected chi connectivity index (χ0v) is 11.2. The van der Waals surface area contributed by atoms with Crippen molar-refractivity contribution in [1.29, 1.82) is 0 Å². The molecule has 1 aliphatic heterocycles. The van der Waals surface area contributed by atoms with Gasteiger partial charge in [-0.15, -0.1) is 11.3 Å². The molecule has 1 aliphatic carbocycles. The Morgan fingerprint density at radius 2 is 2.33 bits per heavy atom. The summed E-state index contributed by atoms with van der Waals surface area (Å²) in [6.07, 6.45) is 4.11. The van der Waals surface area contributed by atoms with Gasteiger partial charge in [-0.25, -0.2) is 0 Å². The maximum absolute atomic E-state index is 3.66. The van der Waals surface area contributed by atoms with Crippen molar-refractivity contribution in [3.63, 3.8) is 0 Å². The molecule has 3 rings (SSSR count). The van der Waals surface area contributed by atoms with Crippen LogP contribution in [0.4, 0.5) is 0 Å². The molecule has 0 atom stereocenters. The number of halogens is 1. The van der Waals surface area contributed by atoms with Gasteiger partial charge in [-0.2, -0.15) is 0 Å². The quantitative estimate of drug-likeness (QED) is 0.771. The van der Waals surface area contributed by atoms with E-state index in [-0.39, 0.29) is 0 Å². The van der Waals surface area contributed by atoms with Crippen LogP contribution >= 0.6 is 27.3 Å². The van der Waals surface area contributed by atoms with E-state index < -0.39 is 0 Å². The van der Waals surface area contributed by atoms with E-state index in [0.29, 0.717) is 5.41 Å². The van der Waals surface area contributed by atoms with E-state index in [1.807, 2.05) is 11.3 Å². The predicted molar refractivity (Wildman–Crippen MR) is 68.8 cm³/mol. The van der Waals surface area contributed by atoms with E-state index in [1.54, 1.807) is 10.4 Å². The van der Waals surface area contributed by atoms with Crippen molar-refractivity contribution in [3.8, 4) is 0 Å². The molecule has 0 amide bonds. The SMILES string of the molecule is BrCC1(CN2CCc3sccc3C2)CC1. The molecule has 2 heterocycles. The van der Waals surface area contributed by atoms with Crippen molar-refractivity contribution in [1.82, 2.24) is 4.90 Å². The summed E-state index contributed by atoms with van der Waals surface area (Å²) in [5.41, 5.74) is 2.21. The van der Waals surface area contributed by atoms with Crippen molar-refractivity contribution in [2.24, 2.45) is 5.41 Å². The van der Waals surface area contributed by atoms with Gasteiger partial charge in [0.2, 0.25) is 0 Å². The molecule has 0 spiro atoms. The fourth-order valence-corrected chi connectivity index (χ4v) is 4.05. The predicted octanol–water partition coefficient (Wildman–Crippen LogP) is 3.28. The third kappa shape index (κ3) is 2.02. The van der Waals surface area contributed by atoms with Gasteiger partial charge in [0.05, 0.1) is 0 Å². The Morgan fingerprint density at radius 1 is 1.47 bits per heavy atom. The lowest BCUT2D eigenvalue weighted by molar-refractivity contribution is 0.215. The van der Waals surface area contributed by atoms with Crippen LogP contribution in [0.15, 0.2) is 11.4 Å². The second-order valence-corrected chi connectivity index (χ2v) is 6.52. The third-order valence-electron chi connectivity index (χ3n) is 3.69. The van der Waals surface area contributed by atoms with Crippen LogP contribution in [-0.2, 0) is 13.0 Å². The first-order valence-electron chi connectivity index (χ1n) is 5.65. The first-order chi connectivity index (χ1) is 7.31. The maximum Gasteiger partial charge on any atom is 0.0245 e. The van der Waals surface area contributed by atoms with Crippen molar-refractivity contribution in [3.05, 3.63) is 21.9 Å². The summed E-state index contributed by atoms with van der Waals surface area (Å²) in [4.78, 5) is 4.26. The highest BCUT2D eigenvalue weighted by Gasteiger charge is 2.43. The van der Waals surface area contributed by atoms with Crippen LogP contribution in [0.3, 0.4) is 0 Å². The molecule has 1 fully saturated rings. The summed E-state index contributed by atoms with van der Waals surface area (Å²) in [6, 6.07) is 2.31. The van der Waals surface area contributed by atoms with Crippen LogP contribution < -0.4 is 0 Å². The molecule has 15 heavy (non-hydrogen) atoms. The maximum atomic E-state index is 3.66. The number of fused-ring (bicyclic) bond motifs is 1. The molecule has 1 aromatic heterocycles. The van der Waals surface area contributed by atoms with Crippen molar-refractivity contribution in [2.45, 2.75) is 25.8 Å². The first-order valence-corrected chi connectivity index (χ1v) is 7.65. The number of rotatable bonds is 3. The molecule has 0 bridgehead atoms. The monoisotopic (exact) mass is 285 g/mol. The molecule has 1 aromatic rings. The van der Waals surface area contributed by atoms with Crippen LogP contribution in [0.5, 0.6) is 0 Å². The number of thiophene rings is 1. The minimum atomic E-state index is 0.632. The van der Waals surface area contributed by atoms with Gasteiger partial charge in [0.25, 0.3) is 0 Å². The Hall–Kier alpha value is 0.140. The van der Waals surface area contributed by atoms with Gasteiger partial charge in [-0.3, -0.25) is 4.90 Å². The molecule has 2 aliphatic rings. The molecule has 0 radical (unpaired) electrons. The van der Waals surface area contributed by atoms with Gasteiger partial charge in [0.1, 0.15) is 0 Å². The molecule has 0 unspecified atom stereocenters. The van der Waals surface area contributed by atoms with Gasteiger partial charge in [0.15, 0.2) is 0 Å². The molecule has 82 valence electrons. The van der Waals surface area contributed by atoms with E-state index in [9.17, 15) is 0 Å². The van der Waals surface area contributed by atoms with Gasteiger partial charge < -0.3 is 0 Å². The van der Waals surface area contributed by atoms with E-state index >= 15 is 0 Å². The Kier molecular flexibility index (Phi) is 2.65. The van der Waals surface area contributed by atoms with Gasteiger partial charge in [0, 0.05) is 29.8 Å². The van der Waals surface area contributed by atoms with E-state index in [1.165, 1.54) is 44.2 Å². The van der Waals surface area contributed by atoms with Crippen LogP contribution in [0.25, 0.3) is 0 Å². The Balaban J connectivity index is 1.66. The highest BCUT2D eigenvalue weighted by Crippen LogP contribution is 2.48. The Bertz CT molecular complexity index is 356. The number of hydrogen-bond acceptors (Lipinski definition) is 2. The normalized spacial score (nSPS) is 23.8. The van der Waals surface area contributed by atoms with Crippen LogP contribution in [-0.4, -0.2) is 23.3 Å². The summed E-state index contributed by atoms with van der Waals surface area (Å²) < 4.78 is 0. The molecule has 1 nitrogen and oxygen atoms in total. The smallest absolute Gasteiger partial charge is 0.0245 e. The Morgan fingerprint density at radius 3 is 3.07 bits per heavy atom. The topological polar surface area (TPSA) is 3.24 Å². The standard InChI is InChI=1S/C12H16BrNS/c13-8-12(3-4-12)9-14-5-1-11-10(7-14)2-6-15-11/h2,6H,1,3-5,7-9H2. The van der Waals surface area contributed by atoms with Gasteiger partial charge in [-0.05, 0) is 41.7 Å². The molecular formula is C12H16BrNS. The van der Waals surface area contributed by atoms with Crippen LogP contribution in [0.1, 0.15) is 23.3 Å². The average molecular weight is 286 g/mol. The van der Waals surface area contributed by atoms with E-state index in [4.69, 9.17) is 0 Å². The lowest BCUT2D eigenvalue weighted by Crippen LogP contribution is -2.35. The van der Waals surface area contributed by atoms with Crippen molar-refractivity contribution < 1.29 is 0 Å². The molecule has 0 aromatic carbocycles. The second-order valence-electron chi connectivity index (χ2n) is 4.96. The summed E-state index contributed by atoms with van der Waals surface area (Å²) in [5.74, 6) is 0.